The predicted octanol–water partition coefficient (Wildman–Crippen LogP) is 2.56. The van der Waals surface area contributed by atoms with E-state index in [1.807, 2.05) is 10.9 Å². The first-order valence-corrected chi connectivity index (χ1v) is 8.95. The second-order valence-corrected chi connectivity index (χ2v) is 7.11. The van der Waals surface area contributed by atoms with Crippen molar-refractivity contribution in [1.29, 1.82) is 0 Å². The van der Waals surface area contributed by atoms with Crippen molar-refractivity contribution >= 4 is 0 Å². The van der Waals surface area contributed by atoms with E-state index in [0.29, 0.717) is 12.2 Å². The first-order valence-electron chi connectivity index (χ1n) is 8.95. The van der Waals surface area contributed by atoms with Gasteiger partial charge in [0.2, 0.25) is 0 Å². The van der Waals surface area contributed by atoms with Gasteiger partial charge >= 0.3 is 0 Å². The molecular formula is C19H28N4O. The van der Waals surface area contributed by atoms with E-state index in [4.69, 9.17) is 0 Å². The highest BCUT2D eigenvalue weighted by Crippen LogP contribution is 2.31. The van der Waals surface area contributed by atoms with Crippen molar-refractivity contribution in [3.63, 3.8) is 0 Å². The van der Waals surface area contributed by atoms with E-state index in [0.717, 1.165) is 32.4 Å². The molecule has 0 spiro atoms. The minimum atomic E-state index is -0.864. The highest BCUT2D eigenvalue weighted by molar-refractivity contribution is 5.27. The molecular weight excluding hydrogens is 300 g/mol. The summed E-state index contributed by atoms with van der Waals surface area (Å²) in [4.78, 5) is 2.33. The molecule has 0 aliphatic carbocycles. The van der Waals surface area contributed by atoms with Crippen LogP contribution in [0.4, 0.5) is 0 Å². The van der Waals surface area contributed by atoms with Gasteiger partial charge < -0.3 is 5.11 Å². The molecule has 1 aromatic heterocycles. The number of aryl methyl sites for hydroxylation is 1. The summed E-state index contributed by atoms with van der Waals surface area (Å²) in [6.45, 7) is 8.84. The number of likely N-dealkylation sites (tertiary alicyclic amines) is 1. The van der Waals surface area contributed by atoms with E-state index < -0.39 is 5.60 Å². The molecule has 0 bridgehead atoms. The summed E-state index contributed by atoms with van der Waals surface area (Å²) in [7, 11) is 0. The molecule has 2 heterocycles. The van der Waals surface area contributed by atoms with E-state index in [-0.39, 0.29) is 6.04 Å². The van der Waals surface area contributed by atoms with Crippen LogP contribution in [0.15, 0.2) is 30.5 Å². The fraction of sp³-hybridized carbons (Fsp3) is 0.579. The molecule has 1 saturated heterocycles. The van der Waals surface area contributed by atoms with Crippen LogP contribution in [0, 0.1) is 0 Å². The summed E-state index contributed by atoms with van der Waals surface area (Å²) in [5, 5.41) is 19.3. The standard InChI is InChI=1S/C19H28N4O/c1-4-16-7-5-6-8-17(16)9-11-22-12-10-19(24,14-22)18-13-23(15(2)3)21-20-18/h5-8,13,15,24H,4,9-12,14H2,1-3H3/t19-/m0/s1. The lowest BCUT2D eigenvalue weighted by atomic mass is 10.00. The maximum atomic E-state index is 11.0. The molecule has 1 aromatic carbocycles. The fourth-order valence-electron chi connectivity index (χ4n) is 3.44. The van der Waals surface area contributed by atoms with E-state index in [9.17, 15) is 5.11 Å². The van der Waals surface area contributed by atoms with Gasteiger partial charge in [-0.25, -0.2) is 4.68 Å². The summed E-state index contributed by atoms with van der Waals surface area (Å²) in [5.74, 6) is 0. The van der Waals surface area contributed by atoms with Crippen molar-refractivity contribution in [2.24, 2.45) is 0 Å². The molecule has 2 aromatic rings. The lowest BCUT2D eigenvalue weighted by Crippen LogP contribution is -2.32. The normalized spacial score (nSPS) is 21.7. The topological polar surface area (TPSA) is 54.2 Å². The molecule has 1 fully saturated rings. The van der Waals surface area contributed by atoms with Crippen LogP contribution < -0.4 is 0 Å². The average molecular weight is 328 g/mol. The van der Waals surface area contributed by atoms with Crippen molar-refractivity contribution in [3.8, 4) is 0 Å². The van der Waals surface area contributed by atoms with Crippen LogP contribution in [0.1, 0.15) is 50.1 Å². The number of aliphatic hydroxyl groups is 1. The molecule has 1 aliphatic heterocycles. The summed E-state index contributed by atoms with van der Waals surface area (Å²) in [6.07, 6.45) is 4.71. The number of β-amino-alcohol motifs (C(OH)–C–C–N with tert-alkyl or cyclic N) is 1. The van der Waals surface area contributed by atoms with Gasteiger partial charge in [-0.3, -0.25) is 4.90 Å². The summed E-state index contributed by atoms with van der Waals surface area (Å²) in [6, 6.07) is 8.90. The molecule has 0 unspecified atom stereocenters. The number of hydrogen-bond donors (Lipinski definition) is 1. The van der Waals surface area contributed by atoms with Crippen molar-refractivity contribution in [1.82, 2.24) is 19.9 Å². The van der Waals surface area contributed by atoms with Gasteiger partial charge in [0, 0.05) is 25.7 Å². The molecule has 0 amide bonds. The Morgan fingerprint density at radius 3 is 2.67 bits per heavy atom. The van der Waals surface area contributed by atoms with Crippen molar-refractivity contribution < 1.29 is 5.11 Å². The molecule has 1 N–H and O–H groups in total. The number of nitrogens with zero attached hydrogens (tertiary/aromatic N) is 4. The van der Waals surface area contributed by atoms with Gasteiger partial charge in [0.1, 0.15) is 11.3 Å². The highest BCUT2D eigenvalue weighted by atomic mass is 16.3. The van der Waals surface area contributed by atoms with E-state index in [1.165, 1.54) is 11.1 Å². The number of benzene rings is 1. The largest absolute Gasteiger partial charge is 0.382 e. The zero-order valence-corrected chi connectivity index (χ0v) is 14.9. The van der Waals surface area contributed by atoms with Gasteiger partial charge in [0.05, 0.1) is 6.20 Å². The van der Waals surface area contributed by atoms with Crippen LogP contribution in [-0.2, 0) is 18.4 Å². The second-order valence-electron chi connectivity index (χ2n) is 7.11. The molecule has 0 radical (unpaired) electrons. The zero-order chi connectivity index (χ0) is 17.2. The van der Waals surface area contributed by atoms with E-state index >= 15 is 0 Å². The van der Waals surface area contributed by atoms with E-state index in [1.54, 1.807) is 0 Å². The molecule has 1 atom stereocenters. The Hall–Kier alpha value is -1.72. The maximum absolute atomic E-state index is 11.0. The predicted molar refractivity (Wildman–Crippen MR) is 94.9 cm³/mol. The average Bonchev–Trinajstić information content (AvgIpc) is 3.21. The minimum Gasteiger partial charge on any atom is -0.382 e. The molecule has 3 rings (SSSR count). The van der Waals surface area contributed by atoms with Gasteiger partial charge in [-0.15, -0.1) is 5.10 Å². The van der Waals surface area contributed by atoms with Crippen LogP contribution in [0.2, 0.25) is 0 Å². The number of aromatic nitrogens is 3. The molecule has 5 heteroatoms. The zero-order valence-electron chi connectivity index (χ0n) is 14.9. The van der Waals surface area contributed by atoms with Crippen LogP contribution >= 0.6 is 0 Å². The highest BCUT2D eigenvalue weighted by Gasteiger charge is 2.39. The minimum absolute atomic E-state index is 0.262. The Bertz CT molecular complexity index is 682. The lowest BCUT2D eigenvalue weighted by Gasteiger charge is -2.21. The quantitative estimate of drug-likeness (QED) is 0.885. The van der Waals surface area contributed by atoms with Gasteiger partial charge in [-0.05, 0) is 44.2 Å². The van der Waals surface area contributed by atoms with E-state index in [2.05, 4.69) is 60.2 Å². The molecule has 0 saturated carbocycles. The maximum Gasteiger partial charge on any atom is 0.124 e. The third-order valence-corrected chi connectivity index (χ3v) is 5.04. The van der Waals surface area contributed by atoms with Crippen LogP contribution in [0.5, 0.6) is 0 Å². The number of rotatable bonds is 6. The van der Waals surface area contributed by atoms with Crippen LogP contribution in [0.25, 0.3) is 0 Å². The Balaban J connectivity index is 1.62. The monoisotopic (exact) mass is 328 g/mol. The van der Waals surface area contributed by atoms with Crippen LogP contribution in [-0.4, -0.2) is 44.6 Å². The fourth-order valence-corrected chi connectivity index (χ4v) is 3.44. The Morgan fingerprint density at radius 2 is 2.00 bits per heavy atom. The second kappa shape index (κ2) is 7.03. The SMILES string of the molecule is CCc1ccccc1CCN1CC[C@@](O)(c2cn(C(C)C)nn2)C1. The summed E-state index contributed by atoms with van der Waals surface area (Å²) in [5.41, 5.74) is 2.68. The molecule has 1 aliphatic rings. The summed E-state index contributed by atoms with van der Waals surface area (Å²) >= 11 is 0. The third kappa shape index (κ3) is 3.52. The molecule has 24 heavy (non-hydrogen) atoms. The van der Waals surface area contributed by atoms with Crippen LogP contribution in [0.3, 0.4) is 0 Å². The van der Waals surface area contributed by atoms with Gasteiger partial charge in [0.15, 0.2) is 0 Å². The van der Waals surface area contributed by atoms with Crippen molar-refractivity contribution in [2.45, 2.75) is 51.7 Å². The number of hydrogen-bond acceptors (Lipinski definition) is 4. The lowest BCUT2D eigenvalue weighted by molar-refractivity contribution is 0.0418. The first-order chi connectivity index (χ1) is 11.5. The smallest absolute Gasteiger partial charge is 0.124 e. The van der Waals surface area contributed by atoms with Crippen molar-refractivity contribution in [2.75, 3.05) is 19.6 Å². The van der Waals surface area contributed by atoms with Gasteiger partial charge in [-0.1, -0.05) is 36.4 Å². The Labute approximate surface area is 144 Å². The third-order valence-electron chi connectivity index (χ3n) is 5.04. The Morgan fingerprint density at radius 1 is 1.25 bits per heavy atom. The Kier molecular flexibility index (Phi) is 5.01. The molecule has 5 nitrogen and oxygen atoms in total. The molecule has 130 valence electrons. The first kappa shape index (κ1) is 17.1. The van der Waals surface area contributed by atoms with Crippen molar-refractivity contribution in [3.05, 3.63) is 47.3 Å². The van der Waals surface area contributed by atoms with Gasteiger partial charge in [0.25, 0.3) is 0 Å². The summed E-state index contributed by atoms with van der Waals surface area (Å²) < 4.78 is 1.81. The van der Waals surface area contributed by atoms with Gasteiger partial charge in [-0.2, -0.15) is 0 Å².